The van der Waals surface area contributed by atoms with Gasteiger partial charge in [0.05, 0.1) is 10.7 Å². The molecule has 9 heteroatoms. The Balaban J connectivity index is 2.19. The normalized spacial score (nSPS) is 10.7. The monoisotopic (exact) mass is 324 g/mol. The van der Waals surface area contributed by atoms with E-state index in [0.29, 0.717) is 10.7 Å². The number of aromatic nitrogens is 2. The van der Waals surface area contributed by atoms with E-state index in [1.165, 1.54) is 0 Å². The Kier molecular flexibility index (Phi) is 4.51. The van der Waals surface area contributed by atoms with E-state index in [1.807, 2.05) is 9.97 Å². The third-order valence-corrected chi connectivity index (χ3v) is 2.92. The SMILES string of the molecule is O=c1[nH]c(O)c(/C=N/C(=S)Nc2ccccc2Cl)c(=O)[nH]1. The minimum atomic E-state index is -0.814. The van der Waals surface area contributed by atoms with Crippen LogP contribution >= 0.6 is 23.8 Å². The summed E-state index contributed by atoms with van der Waals surface area (Å²) in [6, 6.07) is 6.90. The molecular weight excluding hydrogens is 316 g/mol. The largest absolute Gasteiger partial charge is 0.494 e. The number of thiocarbonyl (C=S) groups is 1. The second-order valence-corrected chi connectivity index (χ2v) is 4.63. The number of halogens is 1. The van der Waals surface area contributed by atoms with Crippen LogP contribution < -0.4 is 16.6 Å². The lowest BCUT2D eigenvalue weighted by Gasteiger charge is -2.05. The van der Waals surface area contributed by atoms with Crippen LogP contribution in [0.25, 0.3) is 0 Å². The first-order valence-electron chi connectivity index (χ1n) is 5.62. The summed E-state index contributed by atoms with van der Waals surface area (Å²) in [6.07, 6.45) is 1.04. The fraction of sp³-hybridized carbons (Fsp3) is 0. The Hall–Kier alpha value is -2.45. The van der Waals surface area contributed by atoms with Crippen molar-refractivity contribution in [3.8, 4) is 5.88 Å². The molecule has 0 fully saturated rings. The van der Waals surface area contributed by atoms with Crippen LogP contribution in [0.5, 0.6) is 5.88 Å². The van der Waals surface area contributed by atoms with Crippen molar-refractivity contribution in [1.82, 2.24) is 9.97 Å². The molecule has 0 radical (unpaired) electrons. The lowest BCUT2D eigenvalue weighted by molar-refractivity contribution is 0.447. The Morgan fingerprint density at radius 3 is 2.71 bits per heavy atom. The number of aliphatic imine (C=N–C) groups is 1. The molecule has 2 rings (SSSR count). The molecule has 0 bridgehead atoms. The summed E-state index contributed by atoms with van der Waals surface area (Å²) in [5.41, 5.74) is -1.24. The lowest BCUT2D eigenvalue weighted by atomic mass is 10.3. The third-order valence-electron chi connectivity index (χ3n) is 2.39. The van der Waals surface area contributed by atoms with Crippen molar-refractivity contribution in [2.24, 2.45) is 4.99 Å². The van der Waals surface area contributed by atoms with Gasteiger partial charge >= 0.3 is 5.69 Å². The molecule has 1 aromatic heterocycles. The molecule has 0 amide bonds. The van der Waals surface area contributed by atoms with E-state index < -0.39 is 17.1 Å². The van der Waals surface area contributed by atoms with E-state index >= 15 is 0 Å². The van der Waals surface area contributed by atoms with Crippen molar-refractivity contribution in [3.63, 3.8) is 0 Å². The molecule has 0 aliphatic heterocycles. The van der Waals surface area contributed by atoms with Crippen LogP contribution in [-0.4, -0.2) is 26.4 Å². The zero-order valence-electron chi connectivity index (χ0n) is 10.4. The van der Waals surface area contributed by atoms with Crippen LogP contribution in [0, 0.1) is 0 Å². The lowest BCUT2D eigenvalue weighted by Crippen LogP contribution is -2.25. The number of nitrogens with one attached hydrogen (secondary N) is 3. The average molecular weight is 325 g/mol. The predicted octanol–water partition coefficient (Wildman–Crippen LogP) is 1.24. The van der Waals surface area contributed by atoms with Crippen LogP contribution in [0.4, 0.5) is 5.69 Å². The second kappa shape index (κ2) is 6.33. The summed E-state index contributed by atoms with van der Waals surface area (Å²) < 4.78 is 0. The molecule has 7 nitrogen and oxygen atoms in total. The summed E-state index contributed by atoms with van der Waals surface area (Å²) in [6.45, 7) is 0. The molecule has 21 heavy (non-hydrogen) atoms. The minimum Gasteiger partial charge on any atom is -0.494 e. The van der Waals surface area contributed by atoms with E-state index in [1.54, 1.807) is 24.3 Å². The summed E-state index contributed by atoms with van der Waals surface area (Å²) in [4.78, 5) is 30.2. The number of para-hydroxylation sites is 1. The molecule has 0 aliphatic carbocycles. The van der Waals surface area contributed by atoms with Crippen LogP contribution in [0.3, 0.4) is 0 Å². The highest BCUT2D eigenvalue weighted by Crippen LogP contribution is 2.20. The van der Waals surface area contributed by atoms with Gasteiger partial charge < -0.3 is 10.4 Å². The summed E-state index contributed by atoms with van der Waals surface area (Å²) in [5.74, 6) is -0.590. The number of H-pyrrole nitrogens is 2. The maximum Gasteiger partial charge on any atom is 0.328 e. The van der Waals surface area contributed by atoms with Gasteiger partial charge in [0.25, 0.3) is 5.56 Å². The number of benzene rings is 1. The number of anilines is 1. The number of aromatic amines is 2. The summed E-state index contributed by atoms with van der Waals surface area (Å²) in [5, 5.41) is 12.7. The van der Waals surface area contributed by atoms with Gasteiger partial charge in [-0.3, -0.25) is 14.8 Å². The predicted molar refractivity (Wildman–Crippen MR) is 84.6 cm³/mol. The molecule has 0 saturated carbocycles. The number of nitrogens with zero attached hydrogens (tertiary/aromatic N) is 1. The highest BCUT2D eigenvalue weighted by atomic mass is 35.5. The fourth-order valence-corrected chi connectivity index (χ4v) is 1.78. The van der Waals surface area contributed by atoms with Crippen molar-refractivity contribution < 1.29 is 5.11 Å². The molecule has 0 aliphatic rings. The number of hydrogen-bond donors (Lipinski definition) is 4. The van der Waals surface area contributed by atoms with Gasteiger partial charge in [0, 0.05) is 6.21 Å². The molecule has 1 aromatic carbocycles. The second-order valence-electron chi connectivity index (χ2n) is 3.84. The molecule has 108 valence electrons. The van der Waals surface area contributed by atoms with Gasteiger partial charge in [-0.2, -0.15) is 0 Å². The van der Waals surface area contributed by atoms with E-state index in [9.17, 15) is 14.7 Å². The highest BCUT2D eigenvalue weighted by Gasteiger charge is 2.06. The first-order valence-corrected chi connectivity index (χ1v) is 6.41. The quantitative estimate of drug-likeness (QED) is 0.490. The molecular formula is C12H9ClN4O3S. The zero-order chi connectivity index (χ0) is 15.4. The van der Waals surface area contributed by atoms with E-state index in [-0.39, 0.29) is 10.7 Å². The van der Waals surface area contributed by atoms with Gasteiger partial charge in [-0.25, -0.2) is 9.79 Å². The van der Waals surface area contributed by atoms with Crippen LogP contribution in [0.2, 0.25) is 5.02 Å². The van der Waals surface area contributed by atoms with Crippen LogP contribution in [-0.2, 0) is 0 Å². The molecule has 0 atom stereocenters. The highest BCUT2D eigenvalue weighted by molar-refractivity contribution is 7.80. The van der Waals surface area contributed by atoms with Gasteiger partial charge in [-0.1, -0.05) is 23.7 Å². The van der Waals surface area contributed by atoms with Gasteiger partial charge in [0.1, 0.15) is 5.56 Å². The Bertz CT molecular complexity index is 828. The molecule has 2 aromatic rings. The number of aromatic hydroxyl groups is 1. The smallest absolute Gasteiger partial charge is 0.328 e. The summed E-state index contributed by atoms with van der Waals surface area (Å²) >= 11 is 10.9. The van der Waals surface area contributed by atoms with Crippen LogP contribution in [0.15, 0.2) is 38.8 Å². The Morgan fingerprint density at radius 2 is 2.05 bits per heavy atom. The first-order chi connectivity index (χ1) is 9.97. The van der Waals surface area contributed by atoms with Gasteiger partial charge in [0.2, 0.25) is 5.88 Å². The first kappa shape index (κ1) is 14.9. The molecule has 0 spiro atoms. The third kappa shape index (κ3) is 3.77. The van der Waals surface area contributed by atoms with Crippen LogP contribution in [0.1, 0.15) is 5.56 Å². The van der Waals surface area contributed by atoms with Crippen molar-refractivity contribution in [2.75, 3.05) is 5.32 Å². The standard InChI is InChI=1S/C12H9ClN4O3S/c13-7-3-1-2-4-8(7)15-12(21)14-5-6-9(18)16-11(20)17-10(6)19/h1-5H,(H,15,21)(H3,16,17,18,19,20)/b14-5+. The molecule has 0 unspecified atom stereocenters. The topological polar surface area (TPSA) is 110 Å². The maximum atomic E-state index is 11.5. The minimum absolute atomic E-state index is 0.0353. The number of hydrogen-bond acceptors (Lipinski definition) is 4. The Morgan fingerprint density at radius 1 is 1.33 bits per heavy atom. The average Bonchev–Trinajstić information content (AvgIpc) is 2.40. The Labute approximate surface area is 128 Å². The van der Waals surface area contributed by atoms with E-state index in [0.717, 1.165) is 6.21 Å². The van der Waals surface area contributed by atoms with Crippen molar-refractivity contribution in [3.05, 3.63) is 55.7 Å². The van der Waals surface area contributed by atoms with Crippen molar-refractivity contribution in [2.45, 2.75) is 0 Å². The van der Waals surface area contributed by atoms with Crippen molar-refractivity contribution in [1.29, 1.82) is 0 Å². The fourth-order valence-electron chi connectivity index (χ4n) is 1.44. The van der Waals surface area contributed by atoms with E-state index in [2.05, 4.69) is 10.3 Å². The van der Waals surface area contributed by atoms with Crippen molar-refractivity contribution >= 4 is 40.8 Å². The molecule has 1 heterocycles. The van der Waals surface area contributed by atoms with Gasteiger partial charge in [0.15, 0.2) is 5.11 Å². The summed E-state index contributed by atoms with van der Waals surface area (Å²) in [7, 11) is 0. The van der Waals surface area contributed by atoms with E-state index in [4.69, 9.17) is 23.8 Å². The number of rotatable bonds is 2. The zero-order valence-corrected chi connectivity index (χ0v) is 12.0. The maximum absolute atomic E-state index is 11.5. The van der Waals surface area contributed by atoms with Gasteiger partial charge in [-0.05, 0) is 24.4 Å². The van der Waals surface area contributed by atoms with Gasteiger partial charge in [-0.15, -0.1) is 0 Å². The molecule has 0 saturated heterocycles. The molecule has 4 N–H and O–H groups in total.